The molecule has 0 saturated carbocycles. The molecule has 8 heteroatoms. The van der Waals surface area contributed by atoms with Crippen LogP contribution in [0.4, 0.5) is 17.3 Å². The minimum absolute atomic E-state index is 0. The largest absolute Gasteiger partial charge is 1.00 e. The first-order valence-electron chi connectivity index (χ1n) is 6.15. The molecule has 0 aliphatic rings. The van der Waals surface area contributed by atoms with Gasteiger partial charge in [0, 0.05) is 12.7 Å². The van der Waals surface area contributed by atoms with Crippen LogP contribution in [-0.4, -0.2) is 26.8 Å². The second-order valence-corrected chi connectivity index (χ2v) is 4.07. The Bertz CT molecular complexity index is 402. The number of unbranched alkanes of at least 4 members (excludes halogenated alkanes) is 1. The third-order valence-electron chi connectivity index (χ3n) is 2.46. The Kier molecular flexibility index (Phi) is 10.4. The molecule has 0 heterocycles. The molecule has 0 aliphatic carbocycles. The molecule has 1 rings (SSSR count). The van der Waals surface area contributed by atoms with E-state index in [2.05, 4.69) is 0 Å². The Morgan fingerprint density at radius 1 is 1.10 bits per heavy atom. The fourth-order valence-corrected chi connectivity index (χ4v) is 1.43. The van der Waals surface area contributed by atoms with Crippen LogP contribution in [0.15, 0.2) is 18.2 Å². The van der Waals surface area contributed by atoms with Crippen LogP contribution in [0.5, 0.6) is 5.75 Å². The van der Waals surface area contributed by atoms with Crippen molar-refractivity contribution >= 4 is 12.4 Å². The number of hydrogen-bond acceptors (Lipinski definition) is 2. The van der Waals surface area contributed by atoms with Crippen LogP contribution in [0.25, 0.3) is 0 Å². The van der Waals surface area contributed by atoms with E-state index in [9.17, 15) is 17.3 Å². The molecule has 0 spiro atoms. The van der Waals surface area contributed by atoms with Gasteiger partial charge >= 0.3 is 58.4 Å². The molecular weight excluding hydrogens is 302 g/mol. The van der Waals surface area contributed by atoms with Crippen LogP contribution in [0.2, 0.25) is 0 Å². The maximum atomic E-state index is 13.2. The average molecular weight is 318 g/mol. The predicted molar refractivity (Wildman–Crippen MR) is 66.3 cm³/mol. The Balaban J connectivity index is 0.00000361. The van der Waals surface area contributed by atoms with Gasteiger partial charge in [-0.1, -0.05) is 24.9 Å². The zero-order valence-electron chi connectivity index (χ0n) is 11.7. The molecule has 0 aliphatic heterocycles. The van der Waals surface area contributed by atoms with Crippen molar-refractivity contribution < 1.29 is 78.2 Å². The molecular formula is C12H16BF4KO2. The summed E-state index contributed by atoms with van der Waals surface area (Å²) in [6, 6.07) is 2.55. The fraction of sp³-hybridized carbons (Fsp3) is 0.500. The van der Waals surface area contributed by atoms with E-state index in [1.165, 1.54) is 0 Å². The number of benzene rings is 1. The molecule has 0 N–H and O–H groups in total. The quantitative estimate of drug-likeness (QED) is 0.384. The van der Waals surface area contributed by atoms with Gasteiger partial charge in [-0.2, -0.15) is 0 Å². The topological polar surface area (TPSA) is 18.5 Å². The molecule has 0 aromatic heterocycles. The van der Waals surface area contributed by atoms with Gasteiger partial charge in [-0.25, -0.2) is 4.39 Å². The zero-order valence-corrected chi connectivity index (χ0v) is 14.8. The molecule has 0 radical (unpaired) electrons. The Morgan fingerprint density at radius 2 is 1.80 bits per heavy atom. The molecule has 0 atom stereocenters. The van der Waals surface area contributed by atoms with E-state index in [1.54, 1.807) is 0 Å². The molecule has 0 bridgehead atoms. The van der Waals surface area contributed by atoms with Crippen molar-refractivity contribution in [3.8, 4) is 5.75 Å². The minimum atomic E-state index is -5.33. The van der Waals surface area contributed by atoms with E-state index in [0.29, 0.717) is 19.3 Å². The molecule has 0 saturated heterocycles. The number of ether oxygens (including phenoxy) is 2. The number of halogens is 4. The van der Waals surface area contributed by atoms with Gasteiger partial charge in [0.2, 0.25) is 0 Å². The molecule has 108 valence electrons. The van der Waals surface area contributed by atoms with Crippen molar-refractivity contribution in [2.45, 2.75) is 19.8 Å². The summed E-state index contributed by atoms with van der Waals surface area (Å²) in [6.07, 6.45) is 1.96. The second kappa shape index (κ2) is 10.2. The summed E-state index contributed by atoms with van der Waals surface area (Å²) in [5.41, 5.74) is -1.23. The third-order valence-corrected chi connectivity index (χ3v) is 2.46. The predicted octanol–water partition coefficient (Wildman–Crippen LogP) is 0.0796. The third kappa shape index (κ3) is 7.42. The molecule has 0 unspecified atom stereocenters. The molecule has 1 aromatic carbocycles. The Labute approximate surface area is 158 Å². The normalized spacial score (nSPS) is 11.1. The van der Waals surface area contributed by atoms with Crippen LogP contribution in [0, 0.1) is 5.82 Å². The van der Waals surface area contributed by atoms with Crippen molar-refractivity contribution in [2.75, 3.05) is 19.8 Å². The van der Waals surface area contributed by atoms with Gasteiger partial charge in [0.25, 0.3) is 0 Å². The second-order valence-electron chi connectivity index (χ2n) is 4.07. The smallest absolute Gasteiger partial charge is 0.491 e. The van der Waals surface area contributed by atoms with Crippen molar-refractivity contribution in [3.05, 3.63) is 24.0 Å². The summed E-state index contributed by atoms with van der Waals surface area (Å²) < 4.78 is 60.6. The van der Waals surface area contributed by atoms with Crippen LogP contribution in [-0.2, 0) is 4.74 Å². The first kappa shape index (κ1) is 20.4. The van der Waals surface area contributed by atoms with E-state index >= 15 is 0 Å². The number of rotatable bonds is 8. The van der Waals surface area contributed by atoms with Gasteiger partial charge in [0.1, 0.15) is 12.4 Å². The van der Waals surface area contributed by atoms with E-state index in [4.69, 9.17) is 9.47 Å². The van der Waals surface area contributed by atoms with Crippen molar-refractivity contribution in [1.29, 1.82) is 0 Å². The molecule has 2 nitrogen and oxygen atoms in total. The zero-order chi connectivity index (χ0) is 14.3. The van der Waals surface area contributed by atoms with E-state index in [0.717, 1.165) is 25.0 Å². The SMILES string of the molecule is CCCCOCCOc1ccc([B-](F)(F)F)c(F)c1.[K+]. The van der Waals surface area contributed by atoms with Crippen LogP contribution < -0.4 is 61.6 Å². The van der Waals surface area contributed by atoms with Crippen LogP contribution in [0.3, 0.4) is 0 Å². The summed E-state index contributed by atoms with van der Waals surface area (Å²) in [7, 11) is 0. The summed E-state index contributed by atoms with van der Waals surface area (Å²) in [5, 5.41) is 0. The molecule has 0 fully saturated rings. The van der Waals surface area contributed by atoms with Gasteiger partial charge in [-0.3, -0.25) is 0 Å². The summed E-state index contributed by atoms with van der Waals surface area (Å²) >= 11 is 0. The van der Waals surface area contributed by atoms with Crippen molar-refractivity contribution in [1.82, 2.24) is 0 Å². The first-order chi connectivity index (χ1) is 8.95. The van der Waals surface area contributed by atoms with Gasteiger partial charge in [0.05, 0.1) is 12.4 Å². The maximum Gasteiger partial charge on any atom is 1.00 e. The van der Waals surface area contributed by atoms with Gasteiger partial charge in [0.15, 0.2) is 0 Å². The standard InChI is InChI=1S/C12H16BF4O2.K/c1-2-3-6-18-7-8-19-10-4-5-11(12(14)9-10)13(15,16)17;/h4-5,9H,2-3,6-8H2,1H3;/q-1;+1. The van der Waals surface area contributed by atoms with Gasteiger partial charge < -0.3 is 22.4 Å². The first-order valence-corrected chi connectivity index (χ1v) is 6.15. The minimum Gasteiger partial charge on any atom is -0.491 e. The maximum absolute atomic E-state index is 13.2. The van der Waals surface area contributed by atoms with E-state index in [-0.39, 0.29) is 63.7 Å². The molecule has 0 amide bonds. The van der Waals surface area contributed by atoms with Crippen molar-refractivity contribution in [2.24, 2.45) is 0 Å². The van der Waals surface area contributed by atoms with E-state index in [1.807, 2.05) is 6.92 Å². The summed E-state index contributed by atoms with van der Waals surface area (Å²) in [5.74, 6) is -1.24. The van der Waals surface area contributed by atoms with Crippen LogP contribution in [0.1, 0.15) is 19.8 Å². The monoisotopic (exact) mass is 318 g/mol. The Morgan fingerprint density at radius 3 is 2.35 bits per heavy atom. The van der Waals surface area contributed by atoms with Crippen molar-refractivity contribution in [3.63, 3.8) is 0 Å². The summed E-state index contributed by atoms with van der Waals surface area (Å²) in [6.45, 7) is -2.17. The van der Waals surface area contributed by atoms with Gasteiger partial charge in [-0.05, 0) is 12.5 Å². The van der Waals surface area contributed by atoms with Gasteiger partial charge in [-0.15, -0.1) is 0 Å². The molecule has 20 heavy (non-hydrogen) atoms. The average Bonchev–Trinajstić information content (AvgIpc) is 2.32. The molecule has 1 aromatic rings. The van der Waals surface area contributed by atoms with Crippen LogP contribution >= 0.6 is 0 Å². The summed E-state index contributed by atoms with van der Waals surface area (Å²) in [4.78, 5) is 0. The van der Waals surface area contributed by atoms with E-state index < -0.39 is 18.3 Å². The number of hydrogen-bond donors (Lipinski definition) is 0. The Hall–Kier alpha value is 0.401. The fourth-order valence-electron chi connectivity index (χ4n) is 1.43.